The Labute approximate surface area is 139 Å². The maximum absolute atomic E-state index is 2.49. The predicted molar refractivity (Wildman–Crippen MR) is 85.0 cm³/mol. The Morgan fingerprint density at radius 1 is 1.10 bits per heavy atom. The van der Waals surface area contributed by atoms with E-state index in [1.165, 1.54) is 26.4 Å². The lowest BCUT2D eigenvalue weighted by molar-refractivity contribution is -0.687. The number of nitrogens with zero attached hydrogens (tertiary/aromatic N) is 1. The minimum atomic E-state index is 0. The zero-order valence-electron chi connectivity index (χ0n) is 11.8. The Kier molecular flexibility index (Phi) is 3.96. The molecule has 0 aliphatic carbocycles. The lowest BCUT2D eigenvalue weighted by Crippen LogP contribution is -3.00. The monoisotopic (exact) mass is 357 g/mol. The number of hydrogen-bond acceptors (Lipinski definition) is 1. The number of para-hydroxylation sites is 1. The topological polar surface area (TPSA) is 3.88 Å². The summed E-state index contributed by atoms with van der Waals surface area (Å²) >= 11 is 1.88. The van der Waals surface area contributed by atoms with Gasteiger partial charge < -0.3 is 17.0 Å². The first-order valence-electron chi connectivity index (χ1n) is 6.99. The summed E-state index contributed by atoms with van der Waals surface area (Å²) in [5, 5.41) is 1.35. The molecule has 0 saturated carbocycles. The van der Waals surface area contributed by atoms with Gasteiger partial charge in [-0.1, -0.05) is 53.3 Å². The van der Waals surface area contributed by atoms with Gasteiger partial charge in [-0.25, -0.2) is 0 Å². The standard InChI is InChI=1S/C18H16NS.BrH/c1-13-6-4-7-14(12-13)15-9-5-11-18-19(15)16-8-2-3-10-17(16)20-18;/h2-8,10-12,15H,9H2,1H3;1H/q+1;/p-1. The van der Waals surface area contributed by atoms with Gasteiger partial charge in [-0.3, -0.25) is 0 Å². The van der Waals surface area contributed by atoms with Crippen LogP contribution in [0.1, 0.15) is 28.6 Å². The average Bonchev–Trinajstić information content (AvgIpc) is 2.85. The number of thiazole rings is 1. The lowest BCUT2D eigenvalue weighted by Gasteiger charge is -2.14. The molecule has 1 unspecified atom stereocenters. The molecule has 0 radical (unpaired) electrons. The molecule has 21 heavy (non-hydrogen) atoms. The van der Waals surface area contributed by atoms with Crippen LogP contribution in [-0.4, -0.2) is 0 Å². The summed E-state index contributed by atoms with van der Waals surface area (Å²) in [6, 6.07) is 18.0. The van der Waals surface area contributed by atoms with Crippen molar-refractivity contribution in [1.82, 2.24) is 0 Å². The zero-order valence-corrected chi connectivity index (χ0v) is 14.2. The first kappa shape index (κ1) is 14.5. The fourth-order valence-corrected chi connectivity index (χ4v) is 4.16. The molecule has 0 saturated heterocycles. The zero-order chi connectivity index (χ0) is 13.5. The minimum absolute atomic E-state index is 0. The van der Waals surface area contributed by atoms with E-state index in [1.54, 1.807) is 0 Å². The molecule has 0 N–H and O–H groups in total. The Morgan fingerprint density at radius 3 is 2.81 bits per heavy atom. The second-order valence-electron chi connectivity index (χ2n) is 5.35. The summed E-state index contributed by atoms with van der Waals surface area (Å²) < 4.78 is 3.86. The van der Waals surface area contributed by atoms with Crippen molar-refractivity contribution in [3.63, 3.8) is 0 Å². The van der Waals surface area contributed by atoms with Gasteiger partial charge in [0.15, 0.2) is 6.04 Å². The molecule has 1 atom stereocenters. The van der Waals surface area contributed by atoms with Crippen molar-refractivity contribution < 1.29 is 21.5 Å². The number of hydrogen-bond donors (Lipinski definition) is 0. The molecule has 106 valence electrons. The summed E-state index contributed by atoms with van der Waals surface area (Å²) in [4.78, 5) is 0. The van der Waals surface area contributed by atoms with E-state index >= 15 is 0 Å². The van der Waals surface area contributed by atoms with Crippen LogP contribution < -0.4 is 21.5 Å². The van der Waals surface area contributed by atoms with Crippen LogP contribution >= 0.6 is 11.3 Å². The molecule has 0 spiro atoms. The van der Waals surface area contributed by atoms with Crippen molar-refractivity contribution in [1.29, 1.82) is 0 Å². The molecule has 4 rings (SSSR count). The van der Waals surface area contributed by atoms with Crippen LogP contribution in [0.25, 0.3) is 16.3 Å². The normalized spacial score (nSPS) is 16.5. The minimum Gasteiger partial charge on any atom is -1.00 e. The first-order chi connectivity index (χ1) is 9.83. The fraction of sp³-hybridized carbons (Fsp3) is 0.167. The van der Waals surface area contributed by atoms with Gasteiger partial charge in [0.25, 0.3) is 5.01 Å². The van der Waals surface area contributed by atoms with Gasteiger partial charge in [-0.05, 0) is 19.1 Å². The molecule has 3 aromatic rings. The number of rotatable bonds is 1. The predicted octanol–water partition coefficient (Wildman–Crippen LogP) is 1.51. The van der Waals surface area contributed by atoms with Crippen molar-refractivity contribution in [2.75, 3.05) is 0 Å². The number of halogens is 1. The number of benzene rings is 2. The van der Waals surface area contributed by atoms with Crippen molar-refractivity contribution in [3.05, 3.63) is 70.7 Å². The van der Waals surface area contributed by atoms with E-state index in [4.69, 9.17) is 0 Å². The van der Waals surface area contributed by atoms with Gasteiger partial charge in [-0.2, -0.15) is 4.57 Å². The van der Waals surface area contributed by atoms with Crippen molar-refractivity contribution in [2.45, 2.75) is 19.4 Å². The second-order valence-corrected chi connectivity index (χ2v) is 6.41. The van der Waals surface area contributed by atoms with Gasteiger partial charge in [0.05, 0.1) is 0 Å². The average molecular weight is 358 g/mol. The fourth-order valence-electron chi connectivity index (χ4n) is 3.02. The third-order valence-electron chi connectivity index (χ3n) is 3.94. The van der Waals surface area contributed by atoms with E-state index in [1.807, 2.05) is 11.3 Å². The molecule has 1 aromatic heterocycles. The van der Waals surface area contributed by atoms with Crippen LogP contribution in [0.4, 0.5) is 0 Å². The first-order valence-corrected chi connectivity index (χ1v) is 7.81. The number of aryl methyl sites for hydroxylation is 1. The molecule has 0 amide bonds. The summed E-state index contributed by atoms with van der Waals surface area (Å²) in [5.74, 6) is 0. The van der Waals surface area contributed by atoms with Crippen molar-refractivity contribution >= 4 is 27.6 Å². The molecule has 3 heteroatoms. The van der Waals surface area contributed by atoms with E-state index in [0.29, 0.717) is 6.04 Å². The Morgan fingerprint density at radius 2 is 1.95 bits per heavy atom. The molecule has 0 fully saturated rings. The highest BCUT2D eigenvalue weighted by Crippen LogP contribution is 2.30. The van der Waals surface area contributed by atoms with E-state index in [2.05, 4.69) is 72.2 Å². The molecule has 1 nitrogen and oxygen atoms in total. The van der Waals surface area contributed by atoms with Gasteiger partial charge in [0.2, 0.25) is 5.52 Å². The number of allylic oxidation sites excluding steroid dienone is 1. The van der Waals surface area contributed by atoms with Gasteiger partial charge in [-0.15, -0.1) is 0 Å². The van der Waals surface area contributed by atoms with E-state index in [-0.39, 0.29) is 17.0 Å². The second kappa shape index (κ2) is 5.74. The van der Waals surface area contributed by atoms with E-state index < -0.39 is 0 Å². The Hall–Kier alpha value is -1.45. The number of aromatic nitrogens is 1. The SMILES string of the molecule is Cc1cccc(C2CC=Cc3sc4ccccc4[n+]32)c1.[Br-]. The highest BCUT2D eigenvalue weighted by Gasteiger charge is 2.30. The molecule has 2 heterocycles. The van der Waals surface area contributed by atoms with Crippen LogP contribution in [0.3, 0.4) is 0 Å². The van der Waals surface area contributed by atoms with Crippen LogP contribution in [0.5, 0.6) is 0 Å². The summed E-state index contributed by atoms with van der Waals surface area (Å²) in [5.41, 5.74) is 4.09. The third-order valence-corrected chi connectivity index (χ3v) is 5.04. The van der Waals surface area contributed by atoms with Crippen molar-refractivity contribution in [2.24, 2.45) is 0 Å². The third kappa shape index (κ3) is 2.45. The van der Waals surface area contributed by atoms with Crippen LogP contribution in [-0.2, 0) is 0 Å². The molecular formula is C18H16BrNS. The van der Waals surface area contributed by atoms with Crippen LogP contribution in [0.2, 0.25) is 0 Å². The summed E-state index contributed by atoms with van der Waals surface area (Å²) in [6.07, 6.45) is 5.64. The van der Waals surface area contributed by atoms with Gasteiger partial charge in [0.1, 0.15) is 4.70 Å². The van der Waals surface area contributed by atoms with E-state index in [9.17, 15) is 0 Å². The van der Waals surface area contributed by atoms with Crippen molar-refractivity contribution in [3.8, 4) is 0 Å². The lowest BCUT2D eigenvalue weighted by atomic mass is 9.99. The maximum atomic E-state index is 2.49. The quantitative estimate of drug-likeness (QED) is 0.581. The van der Waals surface area contributed by atoms with Crippen LogP contribution in [0, 0.1) is 6.92 Å². The molecule has 1 aliphatic rings. The molecule has 2 aromatic carbocycles. The molecular weight excluding hydrogens is 342 g/mol. The maximum Gasteiger partial charge on any atom is 0.262 e. The summed E-state index contributed by atoms with van der Waals surface area (Å²) in [6.45, 7) is 2.17. The highest BCUT2D eigenvalue weighted by molar-refractivity contribution is 7.18. The Balaban J connectivity index is 0.00000132. The van der Waals surface area contributed by atoms with Gasteiger partial charge >= 0.3 is 0 Å². The molecule has 1 aliphatic heterocycles. The summed E-state index contributed by atoms with van der Waals surface area (Å²) in [7, 11) is 0. The van der Waals surface area contributed by atoms with E-state index in [0.717, 1.165) is 6.42 Å². The largest absolute Gasteiger partial charge is 1.00 e. The smallest absolute Gasteiger partial charge is 0.262 e. The molecule has 0 bridgehead atoms. The van der Waals surface area contributed by atoms with Crippen LogP contribution in [0.15, 0.2) is 54.6 Å². The Bertz CT molecular complexity index is 819. The number of fused-ring (bicyclic) bond motifs is 3. The van der Waals surface area contributed by atoms with Gasteiger partial charge in [0, 0.05) is 24.1 Å². The highest BCUT2D eigenvalue weighted by atomic mass is 79.9.